The molecule has 0 unspecified atom stereocenters. The molecule has 0 aliphatic heterocycles. The fraction of sp³-hybridized carbons (Fsp3) is 0.143. The third-order valence-electron chi connectivity index (χ3n) is 1.05. The molecule has 0 nitrogen and oxygen atoms in total. The zero-order valence-electron chi connectivity index (χ0n) is 7.31. The molecule has 1 aromatic rings. The van der Waals surface area contributed by atoms with Gasteiger partial charge in [-0.3, -0.25) is 0 Å². The SMILES string of the molecule is F[P-](F)(F)(F)(F)F.[SH2+]Cc1ccccc1. The molecule has 0 aromatic heterocycles. The summed E-state index contributed by atoms with van der Waals surface area (Å²) in [6, 6.07) is 10.3. The monoisotopic (exact) mass is 270 g/mol. The number of benzene rings is 1. The average Bonchev–Trinajstić information content (AvgIpc) is 2.00. The van der Waals surface area contributed by atoms with Gasteiger partial charge in [0.15, 0.2) is 0 Å². The van der Waals surface area contributed by atoms with Crippen LogP contribution < -0.4 is 0 Å². The molecule has 8 heteroatoms. The van der Waals surface area contributed by atoms with Gasteiger partial charge in [-0.1, -0.05) is 30.3 Å². The Morgan fingerprint density at radius 3 is 1.40 bits per heavy atom. The van der Waals surface area contributed by atoms with Gasteiger partial charge in [0.2, 0.25) is 0 Å². The maximum Gasteiger partial charge on any atom is 0.128 e. The van der Waals surface area contributed by atoms with E-state index in [1.54, 1.807) is 0 Å². The molecule has 15 heavy (non-hydrogen) atoms. The van der Waals surface area contributed by atoms with Crippen LogP contribution in [0.4, 0.5) is 25.2 Å². The molecule has 0 saturated carbocycles. The van der Waals surface area contributed by atoms with Crippen LogP contribution in [0.15, 0.2) is 30.3 Å². The largest absolute Gasteiger partial charge is 0.128 e. The minimum Gasteiger partial charge on any atom is -0.0622 e. The maximum atomic E-state index is 9.87. The van der Waals surface area contributed by atoms with Crippen LogP contribution in [-0.2, 0) is 18.4 Å². The van der Waals surface area contributed by atoms with Gasteiger partial charge < -0.3 is 0 Å². The normalized spacial score (nSPS) is 15.7. The van der Waals surface area contributed by atoms with Crippen molar-refractivity contribution < 1.29 is 25.2 Å². The smallest absolute Gasteiger partial charge is 0.0622 e. The van der Waals surface area contributed by atoms with Gasteiger partial charge in [0.05, 0.1) is 0 Å². The van der Waals surface area contributed by atoms with E-state index in [4.69, 9.17) is 0 Å². The predicted octanol–water partition coefficient (Wildman–Crippen LogP) is 4.58. The first-order valence-electron chi connectivity index (χ1n) is 3.63. The van der Waals surface area contributed by atoms with Gasteiger partial charge in [-0.25, -0.2) is 0 Å². The number of hydrogen-bond acceptors (Lipinski definition) is 0. The number of rotatable bonds is 1. The summed E-state index contributed by atoms with van der Waals surface area (Å²) in [6.07, 6.45) is 0. The third kappa shape index (κ3) is 19.8. The summed E-state index contributed by atoms with van der Waals surface area (Å²) >= 11 is 3.40. The van der Waals surface area contributed by atoms with Crippen molar-refractivity contribution in [2.24, 2.45) is 0 Å². The van der Waals surface area contributed by atoms with Gasteiger partial charge >= 0.3 is 33.0 Å². The molecule has 0 fully saturated rings. The zero-order chi connectivity index (χ0) is 12.2. The van der Waals surface area contributed by atoms with Gasteiger partial charge in [-0.15, -0.1) is 0 Å². The van der Waals surface area contributed by atoms with Gasteiger partial charge in [0, 0.05) is 5.56 Å². The second-order valence-corrected chi connectivity index (χ2v) is 4.89. The van der Waals surface area contributed by atoms with Gasteiger partial charge in [-0.2, -0.15) is 0 Å². The van der Waals surface area contributed by atoms with Crippen molar-refractivity contribution >= 4 is 20.4 Å². The Morgan fingerprint density at radius 1 is 0.867 bits per heavy atom. The van der Waals surface area contributed by atoms with E-state index in [1.165, 1.54) is 5.56 Å². The fourth-order valence-corrected chi connectivity index (χ4v) is 0.832. The molecule has 0 spiro atoms. The van der Waals surface area contributed by atoms with Crippen molar-refractivity contribution in [3.05, 3.63) is 35.9 Å². The molecule has 90 valence electrons. The topological polar surface area (TPSA) is 0 Å². The molecular formula is C7H9F6PS. The van der Waals surface area contributed by atoms with Crippen molar-refractivity contribution in [2.75, 3.05) is 0 Å². The Labute approximate surface area is 87.9 Å². The molecule has 0 radical (unpaired) electrons. The van der Waals surface area contributed by atoms with E-state index in [-0.39, 0.29) is 0 Å². The Bertz CT molecular complexity index is 292. The second-order valence-electron chi connectivity index (χ2n) is 2.62. The van der Waals surface area contributed by atoms with E-state index in [0.717, 1.165) is 5.75 Å². The van der Waals surface area contributed by atoms with Crippen LogP contribution >= 0.6 is 7.81 Å². The van der Waals surface area contributed by atoms with Crippen molar-refractivity contribution in [2.45, 2.75) is 5.75 Å². The molecule has 0 aliphatic rings. The summed E-state index contributed by atoms with van der Waals surface area (Å²) in [5.41, 5.74) is 1.32. The Kier molecular flexibility index (Phi) is 3.76. The average molecular weight is 270 g/mol. The summed E-state index contributed by atoms with van der Waals surface area (Å²) in [4.78, 5) is 0. The minimum absolute atomic E-state index is 0.945. The second kappa shape index (κ2) is 3.87. The molecule has 0 atom stereocenters. The summed E-state index contributed by atoms with van der Waals surface area (Å²) in [5, 5.41) is 0. The first-order chi connectivity index (χ1) is 6.38. The predicted molar refractivity (Wildman–Crippen MR) is 53.9 cm³/mol. The van der Waals surface area contributed by atoms with Crippen LogP contribution in [0.1, 0.15) is 5.56 Å². The van der Waals surface area contributed by atoms with Crippen LogP contribution in [0.25, 0.3) is 0 Å². The van der Waals surface area contributed by atoms with Crippen LogP contribution in [-0.4, -0.2) is 0 Å². The molecule has 1 rings (SSSR count). The first kappa shape index (κ1) is 14.6. The quantitative estimate of drug-likeness (QED) is 0.398. The zero-order valence-corrected chi connectivity index (χ0v) is 9.20. The molecule has 1 aromatic carbocycles. The molecule has 0 saturated heterocycles. The standard InChI is InChI=1S/C7H8S.F6P/c8-6-7-4-2-1-3-5-7;1-7(2,3,4,5)6/h1-5,8H,6H2;/q;-1/p+1. The third-order valence-corrected chi connectivity index (χ3v) is 1.46. The number of hydrogen-bond donors (Lipinski definition) is 0. The van der Waals surface area contributed by atoms with Crippen LogP contribution in [0.2, 0.25) is 0 Å². The summed E-state index contributed by atoms with van der Waals surface area (Å²) < 4.78 is 59.2. The molecule has 0 amide bonds. The van der Waals surface area contributed by atoms with Gasteiger partial charge in [0.25, 0.3) is 0 Å². The Morgan fingerprint density at radius 2 is 1.20 bits per heavy atom. The van der Waals surface area contributed by atoms with Crippen LogP contribution in [0.3, 0.4) is 0 Å². The summed E-state index contributed by atoms with van der Waals surface area (Å²) in [6.45, 7) is 0. The van der Waals surface area contributed by atoms with E-state index >= 15 is 0 Å². The van der Waals surface area contributed by atoms with Crippen molar-refractivity contribution in [1.29, 1.82) is 0 Å². The van der Waals surface area contributed by atoms with Crippen molar-refractivity contribution in [3.63, 3.8) is 0 Å². The Hall–Kier alpha value is -0.420. The van der Waals surface area contributed by atoms with Gasteiger partial charge in [0.1, 0.15) is 5.75 Å². The van der Waals surface area contributed by atoms with Crippen molar-refractivity contribution in [3.8, 4) is 0 Å². The van der Waals surface area contributed by atoms with E-state index in [0.29, 0.717) is 0 Å². The van der Waals surface area contributed by atoms with Crippen molar-refractivity contribution in [1.82, 2.24) is 0 Å². The maximum absolute atomic E-state index is 10.7. The molecule has 0 aliphatic carbocycles. The molecule has 0 bridgehead atoms. The van der Waals surface area contributed by atoms with E-state index in [1.807, 2.05) is 18.2 Å². The Balaban J connectivity index is 0.000000265. The number of halogens is 6. The fourth-order valence-electron chi connectivity index (χ4n) is 0.596. The molecule has 0 N–H and O–H groups in total. The van der Waals surface area contributed by atoms with Gasteiger partial charge in [-0.05, 0) is 12.6 Å². The first-order valence-corrected chi connectivity index (χ1v) is 6.37. The molecular weight excluding hydrogens is 261 g/mol. The van der Waals surface area contributed by atoms with E-state index < -0.39 is 7.81 Å². The van der Waals surface area contributed by atoms with Crippen LogP contribution in [0, 0.1) is 0 Å². The molecule has 0 heterocycles. The minimum atomic E-state index is -10.7. The van der Waals surface area contributed by atoms with Crippen LogP contribution in [0.5, 0.6) is 0 Å². The van der Waals surface area contributed by atoms with E-state index in [2.05, 4.69) is 24.8 Å². The summed E-state index contributed by atoms with van der Waals surface area (Å²) in [5.74, 6) is 0.945. The summed E-state index contributed by atoms with van der Waals surface area (Å²) in [7, 11) is -10.7. The van der Waals surface area contributed by atoms with E-state index in [9.17, 15) is 25.2 Å².